The molecule has 0 heterocycles. The van der Waals surface area contributed by atoms with Gasteiger partial charge in [-0.15, -0.1) is 0 Å². The van der Waals surface area contributed by atoms with Gasteiger partial charge in [0, 0.05) is 18.8 Å². The van der Waals surface area contributed by atoms with Gasteiger partial charge in [-0.3, -0.25) is 0 Å². The molecule has 0 bridgehead atoms. The highest BCUT2D eigenvalue weighted by Crippen LogP contribution is 2.20. The molecule has 0 amide bonds. The molecule has 4 heteroatoms. The molecule has 108 valence electrons. The zero-order valence-electron chi connectivity index (χ0n) is 12.5. The number of nitrogens with one attached hydrogen (secondary N) is 1. The summed E-state index contributed by atoms with van der Waals surface area (Å²) < 4.78 is 22.6. The van der Waals surface area contributed by atoms with Gasteiger partial charge in [0.05, 0.1) is 4.75 Å². The number of sulfone groups is 1. The largest absolute Gasteiger partial charge is 0.312 e. The van der Waals surface area contributed by atoms with Crippen molar-refractivity contribution >= 4 is 9.84 Å². The van der Waals surface area contributed by atoms with Gasteiger partial charge in [0.1, 0.15) is 0 Å². The third kappa shape index (κ3) is 4.32. The molecule has 3 nitrogen and oxygen atoms in total. The lowest BCUT2D eigenvalue weighted by atomic mass is 9.94. The van der Waals surface area contributed by atoms with Crippen molar-refractivity contribution in [3.05, 3.63) is 35.9 Å². The molecule has 19 heavy (non-hydrogen) atoms. The molecule has 0 aliphatic carbocycles. The van der Waals surface area contributed by atoms with Crippen LogP contribution in [0, 0.1) is 0 Å². The number of hydrogen-bond donors (Lipinski definition) is 1. The molecular formula is C15H25NO2S. The van der Waals surface area contributed by atoms with E-state index in [0.717, 1.165) is 0 Å². The average Bonchev–Trinajstić information content (AvgIpc) is 2.35. The van der Waals surface area contributed by atoms with E-state index in [1.807, 2.05) is 18.2 Å². The molecule has 0 fully saturated rings. The Morgan fingerprint density at radius 1 is 1.16 bits per heavy atom. The molecule has 0 aliphatic rings. The van der Waals surface area contributed by atoms with Crippen LogP contribution in [0.4, 0.5) is 0 Å². The van der Waals surface area contributed by atoms with E-state index in [4.69, 9.17) is 0 Å². The van der Waals surface area contributed by atoms with E-state index in [1.54, 1.807) is 13.8 Å². The highest BCUT2D eigenvalue weighted by atomic mass is 32.2. The summed E-state index contributed by atoms with van der Waals surface area (Å²) in [4.78, 5) is 0. The first kappa shape index (κ1) is 16.2. The van der Waals surface area contributed by atoms with E-state index in [9.17, 15) is 8.42 Å². The van der Waals surface area contributed by atoms with E-state index in [1.165, 1.54) is 11.8 Å². The average molecular weight is 283 g/mol. The lowest BCUT2D eigenvalue weighted by molar-refractivity contribution is 0.443. The van der Waals surface area contributed by atoms with Crippen LogP contribution < -0.4 is 5.32 Å². The predicted molar refractivity (Wildman–Crippen MR) is 81.2 cm³/mol. The SMILES string of the molecule is C[C@H](NCC(C)(C)S(C)(=O)=O)[C@H](C)c1ccccc1. The Labute approximate surface area is 117 Å². The lowest BCUT2D eigenvalue weighted by Gasteiger charge is -2.28. The Bertz CT molecular complexity index is 494. The van der Waals surface area contributed by atoms with Gasteiger partial charge < -0.3 is 5.32 Å². The molecule has 0 aliphatic heterocycles. The third-order valence-electron chi connectivity index (χ3n) is 3.93. The van der Waals surface area contributed by atoms with Crippen LogP contribution >= 0.6 is 0 Å². The van der Waals surface area contributed by atoms with Gasteiger partial charge in [-0.1, -0.05) is 37.3 Å². The van der Waals surface area contributed by atoms with Gasteiger partial charge in [0.15, 0.2) is 9.84 Å². The fourth-order valence-corrected chi connectivity index (χ4v) is 2.11. The molecule has 0 radical (unpaired) electrons. The van der Waals surface area contributed by atoms with Crippen LogP contribution in [0.5, 0.6) is 0 Å². The molecule has 0 aromatic heterocycles. The van der Waals surface area contributed by atoms with Crippen LogP contribution in [0.1, 0.15) is 39.2 Å². The maximum Gasteiger partial charge on any atom is 0.153 e. The third-order valence-corrected chi connectivity index (χ3v) is 6.08. The molecule has 0 unspecified atom stereocenters. The van der Waals surface area contributed by atoms with E-state index < -0.39 is 14.6 Å². The maximum absolute atomic E-state index is 11.7. The standard InChI is InChI=1S/C15H25NO2S/c1-12(14-9-7-6-8-10-14)13(2)16-11-15(3,4)19(5,17)18/h6-10,12-13,16H,11H2,1-5H3/t12-,13-/m0/s1. The van der Waals surface area contributed by atoms with E-state index >= 15 is 0 Å². The maximum atomic E-state index is 11.7. The van der Waals surface area contributed by atoms with Gasteiger partial charge in [-0.25, -0.2) is 8.42 Å². The molecule has 1 aromatic carbocycles. The summed E-state index contributed by atoms with van der Waals surface area (Å²) in [5, 5.41) is 3.35. The zero-order chi connectivity index (χ0) is 14.7. The van der Waals surface area contributed by atoms with Gasteiger partial charge in [0.25, 0.3) is 0 Å². The molecule has 0 spiro atoms. The highest BCUT2D eigenvalue weighted by molar-refractivity contribution is 7.92. The summed E-state index contributed by atoms with van der Waals surface area (Å²) in [6.07, 6.45) is 1.29. The fourth-order valence-electron chi connectivity index (χ4n) is 1.76. The number of rotatable bonds is 6. The second-order valence-electron chi connectivity index (χ2n) is 5.90. The van der Waals surface area contributed by atoms with E-state index in [0.29, 0.717) is 12.5 Å². The molecule has 1 N–H and O–H groups in total. The minimum atomic E-state index is -3.05. The minimum Gasteiger partial charge on any atom is -0.312 e. The summed E-state index contributed by atoms with van der Waals surface area (Å²) in [7, 11) is -3.05. The molecule has 0 saturated heterocycles. The van der Waals surface area contributed by atoms with Crippen molar-refractivity contribution in [2.45, 2.75) is 44.4 Å². The molecule has 0 saturated carbocycles. The summed E-state index contributed by atoms with van der Waals surface area (Å²) in [5.74, 6) is 0.344. The van der Waals surface area contributed by atoms with Gasteiger partial charge in [-0.2, -0.15) is 0 Å². The summed E-state index contributed by atoms with van der Waals surface area (Å²) in [6, 6.07) is 10.5. The fraction of sp³-hybridized carbons (Fsp3) is 0.600. The van der Waals surface area contributed by atoms with Crippen molar-refractivity contribution < 1.29 is 8.42 Å². The quantitative estimate of drug-likeness (QED) is 0.873. The summed E-state index contributed by atoms with van der Waals surface area (Å²) >= 11 is 0. The van der Waals surface area contributed by atoms with Crippen molar-refractivity contribution in [2.24, 2.45) is 0 Å². The highest BCUT2D eigenvalue weighted by Gasteiger charge is 2.30. The van der Waals surface area contributed by atoms with Crippen LogP contribution in [-0.4, -0.2) is 32.0 Å². The normalized spacial score (nSPS) is 16.1. The first-order chi connectivity index (χ1) is 8.65. The second kappa shape index (κ2) is 6.06. The predicted octanol–water partition coefficient (Wildman–Crippen LogP) is 2.59. The molecular weight excluding hydrogens is 258 g/mol. The molecule has 2 atom stereocenters. The van der Waals surface area contributed by atoms with Gasteiger partial charge in [-0.05, 0) is 32.3 Å². The van der Waals surface area contributed by atoms with Gasteiger partial charge in [0.2, 0.25) is 0 Å². The first-order valence-corrected chi connectivity index (χ1v) is 8.52. The van der Waals surface area contributed by atoms with E-state index in [-0.39, 0.29) is 6.04 Å². The van der Waals surface area contributed by atoms with Crippen molar-refractivity contribution in [3.8, 4) is 0 Å². The monoisotopic (exact) mass is 283 g/mol. The molecule has 1 aromatic rings. The van der Waals surface area contributed by atoms with Crippen molar-refractivity contribution in [1.82, 2.24) is 5.32 Å². The first-order valence-electron chi connectivity index (χ1n) is 6.63. The number of hydrogen-bond acceptors (Lipinski definition) is 3. The second-order valence-corrected chi connectivity index (χ2v) is 8.55. The van der Waals surface area contributed by atoms with Crippen LogP contribution in [-0.2, 0) is 9.84 Å². The van der Waals surface area contributed by atoms with E-state index in [2.05, 4.69) is 31.3 Å². The van der Waals surface area contributed by atoms with Crippen LogP contribution in [0.2, 0.25) is 0 Å². The Kier molecular flexibility index (Phi) is 5.16. The zero-order valence-corrected chi connectivity index (χ0v) is 13.3. The molecule has 1 rings (SSSR count). The topological polar surface area (TPSA) is 46.2 Å². The smallest absolute Gasteiger partial charge is 0.153 e. The van der Waals surface area contributed by atoms with Gasteiger partial charge >= 0.3 is 0 Å². The van der Waals surface area contributed by atoms with Crippen LogP contribution in [0.3, 0.4) is 0 Å². The lowest BCUT2D eigenvalue weighted by Crippen LogP contribution is -2.45. The Morgan fingerprint density at radius 2 is 1.68 bits per heavy atom. The number of benzene rings is 1. The summed E-state index contributed by atoms with van der Waals surface area (Å²) in [5.41, 5.74) is 1.26. The van der Waals surface area contributed by atoms with Crippen LogP contribution in [0.25, 0.3) is 0 Å². The minimum absolute atomic E-state index is 0.225. The Morgan fingerprint density at radius 3 is 2.16 bits per heavy atom. The Balaban J connectivity index is 2.64. The van der Waals surface area contributed by atoms with Crippen LogP contribution in [0.15, 0.2) is 30.3 Å². The summed E-state index contributed by atoms with van der Waals surface area (Å²) in [6.45, 7) is 8.23. The Hall–Kier alpha value is -0.870. The van der Waals surface area contributed by atoms with Crippen molar-refractivity contribution in [3.63, 3.8) is 0 Å². The van der Waals surface area contributed by atoms with Crippen molar-refractivity contribution in [2.75, 3.05) is 12.8 Å². The van der Waals surface area contributed by atoms with Crippen molar-refractivity contribution in [1.29, 1.82) is 0 Å².